The van der Waals surface area contributed by atoms with Gasteiger partial charge in [-0.15, -0.1) is 24.2 Å². The van der Waals surface area contributed by atoms with E-state index in [0.717, 1.165) is 32.5 Å². The van der Waals surface area contributed by atoms with E-state index in [1.165, 1.54) is 16.9 Å². The van der Waals surface area contributed by atoms with Crippen molar-refractivity contribution in [3.05, 3.63) is 48.0 Å². The number of benzene rings is 2. The summed E-state index contributed by atoms with van der Waals surface area (Å²) in [4.78, 5) is 22.7. The molecule has 1 heterocycles. The molecule has 29 heavy (non-hydrogen) atoms. The number of anilines is 1. The fourth-order valence-corrected chi connectivity index (χ4v) is 4.43. The number of aryl methyl sites for hydroxylation is 1. The molecular weight excluding hydrogens is 426 g/mol. The Morgan fingerprint density at radius 2 is 1.86 bits per heavy atom. The lowest BCUT2D eigenvalue weighted by molar-refractivity contribution is -0.116. The maximum Gasteiger partial charge on any atom is 0.239 e. The van der Waals surface area contributed by atoms with Crippen LogP contribution in [0.25, 0.3) is 10.2 Å². The molecule has 0 spiro atoms. The number of ether oxygens (including phenoxy) is 1. The van der Waals surface area contributed by atoms with Gasteiger partial charge in [-0.2, -0.15) is 0 Å². The van der Waals surface area contributed by atoms with E-state index in [2.05, 4.69) is 36.1 Å². The van der Waals surface area contributed by atoms with E-state index in [-0.39, 0.29) is 18.3 Å². The first kappa shape index (κ1) is 23.5. The molecule has 8 heteroatoms. The molecule has 3 aromatic rings. The summed E-state index contributed by atoms with van der Waals surface area (Å²) in [5.41, 5.74) is 2.10. The van der Waals surface area contributed by atoms with Gasteiger partial charge in [0.15, 0.2) is 5.13 Å². The molecule has 0 unspecified atom stereocenters. The molecule has 5 nitrogen and oxygen atoms in total. The third-order valence-electron chi connectivity index (χ3n) is 4.27. The summed E-state index contributed by atoms with van der Waals surface area (Å²) in [6, 6.07) is 14.0. The Hall–Kier alpha value is -1.80. The number of rotatable bonds is 8. The molecular formula is C21H26ClN3O2S2. The highest BCUT2D eigenvalue weighted by Gasteiger charge is 2.20. The molecule has 3 rings (SSSR count). The van der Waals surface area contributed by atoms with Gasteiger partial charge in [0.25, 0.3) is 0 Å². The van der Waals surface area contributed by atoms with Gasteiger partial charge < -0.3 is 9.64 Å². The predicted molar refractivity (Wildman–Crippen MR) is 126 cm³/mol. The lowest BCUT2D eigenvalue weighted by Crippen LogP contribution is -2.37. The van der Waals surface area contributed by atoms with Gasteiger partial charge in [0, 0.05) is 18.0 Å². The summed E-state index contributed by atoms with van der Waals surface area (Å²) in [5.74, 6) is 1.25. The Morgan fingerprint density at radius 3 is 2.52 bits per heavy atom. The van der Waals surface area contributed by atoms with Crippen molar-refractivity contribution in [3.63, 3.8) is 0 Å². The topological polar surface area (TPSA) is 45.7 Å². The van der Waals surface area contributed by atoms with Crippen molar-refractivity contribution < 1.29 is 9.53 Å². The molecule has 0 aliphatic rings. The number of aromatic nitrogens is 1. The number of likely N-dealkylation sites (N-methyl/N-ethyl adjacent to an activating group) is 1. The Morgan fingerprint density at radius 1 is 1.14 bits per heavy atom. The summed E-state index contributed by atoms with van der Waals surface area (Å²) in [6.45, 7) is 3.45. The first-order valence-corrected chi connectivity index (χ1v) is 10.9. The van der Waals surface area contributed by atoms with Crippen molar-refractivity contribution in [3.8, 4) is 5.75 Å². The second kappa shape index (κ2) is 10.8. The molecule has 2 aromatic carbocycles. The zero-order chi connectivity index (χ0) is 20.1. The Kier molecular flexibility index (Phi) is 8.77. The third-order valence-corrected chi connectivity index (χ3v) is 6.31. The zero-order valence-electron chi connectivity index (χ0n) is 17.0. The first-order chi connectivity index (χ1) is 13.5. The number of hydrogen-bond acceptors (Lipinski definition) is 6. The van der Waals surface area contributed by atoms with Gasteiger partial charge in [0.05, 0.1) is 23.1 Å². The lowest BCUT2D eigenvalue weighted by atomic mass is 10.2. The van der Waals surface area contributed by atoms with Crippen LogP contribution in [0.4, 0.5) is 5.13 Å². The minimum Gasteiger partial charge on any atom is -0.497 e. The maximum absolute atomic E-state index is 13.0. The minimum absolute atomic E-state index is 0. The molecule has 156 valence electrons. The SMILES string of the molecule is COc1ccc2nc(N(CCN(C)C)C(=O)CSc3ccc(C)cc3)sc2c1.Cl. The van der Waals surface area contributed by atoms with Gasteiger partial charge in [0.1, 0.15) is 5.75 Å². The van der Waals surface area contributed by atoms with Gasteiger partial charge in [-0.3, -0.25) is 9.69 Å². The molecule has 0 fully saturated rings. The van der Waals surface area contributed by atoms with Crippen LogP contribution < -0.4 is 9.64 Å². The highest BCUT2D eigenvalue weighted by molar-refractivity contribution is 8.00. The molecule has 0 bridgehead atoms. The Bertz CT molecular complexity index is 945. The van der Waals surface area contributed by atoms with Crippen LogP contribution in [0.3, 0.4) is 0 Å². The van der Waals surface area contributed by atoms with Gasteiger partial charge in [0.2, 0.25) is 5.91 Å². The minimum atomic E-state index is 0. The van der Waals surface area contributed by atoms with Crippen molar-refractivity contribution >= 4 is 56.8 Å². The van der Waals surface area contributed by atoms with Gasteiger partial charge >= 0.3 is 0 Å². The maximum atomic E-state index is 13.0. The molecule has 1 aromatic heterocycles. The van der Waals surface area contributed by atoms with Gasteiger partial charge in [-0.05, 0) is 51.4 Å². The molecule has 0 N–H and O–H groups in total. The van der Waals surface area contributed by atoms with Crippen molar-refractivity contribution in [1.29, 1.82) is 0 Å². The summed E-state index contributed by atoms with van der Waals surface area (Å²) in [7, 11) is 5.66. The molecule has 0 aliphatic carbocycles. The van der Waals surface area contributed by atoms with E-state index in [4.69, 9.17) is 9.72 Å². The van der Waals surface area contributed by atoms with Crippen LogP contribution in [0.2, 0.25) is 0 Å². The first-order valence-electron chi connectivity index (χ1n) is 9.05. The second-order valence-corrected chi connectivity index (χ2v) is 8.84. The van der Waals surface area contributed by atoms with E-state index in [1.54, 1.807) is 23.8 Å². The molecule has 0 aliphatic heterocycles. The number of methoxy groups -OCH3 is 1. The van der Waals surface area contributed by atoms with Crippen LogP contribution in [0.15, 0.2) is 47.4 Å². The van der Waals surface area contributed by atoms with Crippen molar-refractivity contribution in [1.82, 2.24) is 9.88 Å². The quantitative estimate of drug-likeness (QED) is 0.463. The van der Waals surface area contributed by atoms with Crippen LogP contribution in [-0.2, 0) is 4.79 Å². The Labute approximate surface area is 186 Å². The van der Waals surface area contributed by atoms with Crippen LogP contribution in [0.1, 0.15) is 5.56 Å². The van der Waals surface area contributed by atoms with E-state index in [0.29, 0.717) is 12.3 Å². The van der Waals surface area contributed by atoms with E-state index in [1.807, 2.05) is 32.3 Å². The van der Waals surface area contributed by atoms with Crippen LogP contribution in [0.5, 0.6) is 5.75 Å². The number of nitrogens with zero attached hydrogens (tertiary/aromatic N) is 3. The lowest BCUT2D eigenvalue weighted by Gasteiger charge is -2.21. The standard InChI is InChI=1S/C21H25N3O2S2.ClH/c1-15-5-8-17(9-6-15)27-14-20(25)24(12-11-23(2)3)21-22-18-10-7-16(26-4)13-19(18)28-21;/h5-10,13H,11-12,14H2,1-4H3;1H. The third kappa shape index (κ3) is 6.34. The number of fused-ring (bicyclic) bond motifs is 1. The fraction of sp³-hybridized carbons (Fsp3) is 0.333. The zero-order valence-corrected chi connectivity index (χ0v) is 19.5. The number of carbonyl (C=O) groups excluding carboxylic acids is 1. The summed E-state index contributed by atoms with van der Waals surface area (Å²) < 4.78 is 6.32. The number of carbonyl (C=O) groups is 1. The van der Waals surface area contributed by atoms with Crippen LogP contribution >= 0.6 is 35.5 Å². The van der Waals surface area contributed by atoms with E-state index < -0.39 is 0 Å². The second-order valence-electron chi connectivity index (χ2n) is 6.78. The van der Waals surface area contributed by atoms with Gasteiger partial charge in [-0.1, -0.05) is 29.0 Å². The number of thioether (sulfide) groups is 1. The molecule has 1 amide bonds. The molecule has 0 atom stereocenters. The predicted octanol–water partition coefficient (Wildman–Crippen LogP) is 4.72. The highest BCUT2D eigenvalue weighted by Crippen LogP contribution is 2.32. The summed E-state index contributed by atoms with van der Waals surface area (Å²) in [6.07, 6.45) is 0. The van der Waals surface area contributed by atoms with Crippen LogP contribution in [-0.4, -0.2) is 55.8 Å². The largest absolute Gasteiger partial charge is 0.497 e. The molecule has 0 saturated carbocycles. The number of thiazole rings is 1. The molecule has 0 radical (unpaired) electrons. The van der Waals surface area contributed by atoms with Crippen molar-refractivity contribution in [2.24, 2.45) is 0 Å². The van der Waals surface area contributed by atoms with Gasteiger partial charge in [-0.25, -0.2) is 4.98 Å². The Balaban J connectivity index is 0.00000300. The van der Waals surface area contributed by atoms with Crippen LogP contribution in [0, 0.1) is 6.92 Å². The van der Waals surface area contributed by atoms with E-state index in [9.17, 15) is 4.79 Å². The monoisotopic (exact) mass is 451 g/mol. The average Bonchev–Trinajstić information content (AvgIpc) is 3.10. The number of halogens is 1. The summed E-state index contributed by atoms with van der Waals surface area (Å²) in [5, 5.41) is 0.736. The normalized spacial score (nSPS) is 10.8. The average molecular weight is 452 g/mol. The summed E-state index contributed by atoms with van der Waals surface area (Å²) >= 11 is 3.08. The number of hydrogen-bond donors (Lipinski definition) is 0. The fourth-order valence-electron chi connectivity index (χ4n) is 2.62. The van der Waals surface area contributed by atoms with Crippen molar-refractivity contribution in [2.75, 3.05) is 44.9 Å². The highest BCUT2D eigenvalue weighted by atomic mass is 35.5. The van der Waals surface area contributed by atoms with Crippen molar-refractivity contribution in [2.45, 2.75) is 11.8 Å². The number of amides is 1. The van der Waals surface area contributed by atoms with E-state index >= 15 is 0 Å². The molecule has 0 saturated heterocycles. The smallest absolute Gasteiger partial charge is 0.239 e.